The van der Waals surface area contributed by atoms with Crippen LogP contribution in [-0.4, -0.2) is 38.7 Å². The van der Waals surface area contributed by atoms with Crippen LogP contribution in [0.3, 0.4) is 0 Å². The number of amides is 1. The molecule has 7 nitrogen and oxygen atoms in total. The Morgan fingerprint density at radius 1 is 1.14 bits per heavy atom. The van der Waals surface area contributed by atoms with Crippen LogP contribution in [0.15, 0.2) is 42.7 Å². The number of imidazole rings is 2. The quantitative estimate of drug-likeness (QED) is 0.540. The molecular formula is C22H25N5O2. The smallest absolute Gasteiger partial charge is 0.255 e. The van der Waals surface area contributed by atoms with E-state index in [2.05, 4.69) is 28.7 Å². The summed E-state index contributed by atoms with van der Waals surface area (Å²) in [5, 5.41) is 2.97. The van der Waals surface area contributed by atoms with Crippen LogP contribution in [0, 0.1) is 0 Å². The van der Waals surface area contributed by atoms with Crippen molar-refractivity contribution >= 4 is 33.7 Å². The van der Waals surface area contributed by atoms with E-state index in [0.717, 1.165) is 40.1 Å². The molecule has 29 heavy (non-hydrogen) atoms. The number of hydrogen-bond acceptors (Lipinski definition) is 4. The summed E-state index contributed by atoms with van der Waals surface area (Å²) in [5.41, 5.74) is 4.99. The molecule has 0 aliphatic heterocycles. The highest BCUT2D eigenvalue weighted by Gasteiger charge is 2.13. The van der Waals surface area contributed by atoms with Gasteiger partial charge in [-0.15, -0.1) is 0 Å². The zero-order valence-electron chi connectivity index (χ0n) is 17.1. The van der Waals surface area contributed by atoms with Gasteiger partial charge in [-0.1, -0.05) is 13.8 Å². The highest BCUT2D eigenvalue weighted by Crippen LogP contribution is 2.24. The number of fused-ring (bicyclic) bond motifs is 2. The maximum atomic E-state index is 12.8. The second-order valence-corrected chi connectivity index (χ2v) is 7.48. The summed E-state index contributed by atoms with van der Waals surface area (Å²) < 4.78 is 9.24. The molecule has 0 saturated heterocycles. The topological polar surface area (TPSA) is 74.0 Å². The molecule has 150 valence electrons. The van der Waals surface area contributed by atoms with E-state index in [1.807, 2.05) is 48.0 Å². The van der Waals surface area contributed by atoms with Crippen LogP contribution in [0.4, 0.5) is 5.69 Å². The molecule has 1 N–H and O–H groups in total. The molecular weight excluding hydrogens is 366 g/mol. The second kappa shape index (κ2) is 7.67. The standard InChI is InChI=1S/C22H25N5O2/c1-14(2)21-25-18-12-16(6-8-19(18)26(21)3)24-22(28)15-5-7-20-17(11-15)23-13-27(20)9-10-29-4/h5-8,11-14H,9-10H2,1-4H3,(H,24,28). The van der Waals surface area contributed by atoms with Crippen molar-refractivity contribution in [2.75, 3.05) is 19.0 Å². The second-order valence-electron chi connectivity index (χ2n) is 7.48. The first-order chi connectivity index (χ1) is 14.0. The Balaban J connectivity index is 1.57. The van der Waals surface area contributed by atoms with Gasteiger partial charge in [0, 0.05) is 37.9 Å². The third kappa shape index (κ3) is 3.61. The van der Waals surface area contributed by atoms with E-state index in [4.69, 9.17) is 9.72 Å². The number of carbonyl (C=O) groups is 1. The monoisotopic (exact) mass is 391 g/mol. The van der Waals surface area contributed by atoms with Gasteiger partial charge in [-0.25, -0.2) is 9.97 Å². The van der Waals surface area contributed by atoms with E-state index in [1.54, 1.807) is 13.4 Å². The zero-order chi connectivity index (χ0) is 20.5. The lowest BCUT2D eigenvalue weighted by Crippen LogP contribution is -2.11. The molecule has 0 spiro atoms. The molecule has 7 heteroatoms. The predicted octanol–water partition coefficient (Wildman–Crippen LogP) is 3.95. The molecule has 0 bridgehead atoms. The number of ether oxygens (including phenoxy) is 1. The minimum Gasteiger partial charge on any atom is -0.383 e. The number of aromatic nitrogens is 4. The Kier molecular flexibility index (Phi) is 5.07. The first-order valence-electron chi connectivity index (χ1n) is 9.69. The number of benzene rings is 2. The number of rotatable bonds is 6. The van der Waals surface area contributed by atoms with E-state index in [-0.39, 0.29) is 5.91 Å². The third-order valence-corrected chi connectivity index (χ3v) is 5.11. The fourth-order valence-electron chi connectivity index (χ4n) is 3.59. The molecule has 2 aromatic carbocycles. The van der Waals surface area contributed by atoms with Crippen molar-refractivity contribution in [2.24, 2.45) is 7.05 Å². The SMILES string of the molecule is COCCn1cnc2cc(C(=O)Nc3ccc4c(c3)nc(C(C)C)n4C)ccc21. The number of nitrogens with zero attached hydrogens (tertiary/aromatic N) is 4. The molecule has 0 saturated carbocycles. The molecule has 1 amide bonds. The summed E-state index contributed by atoms with van der Waals surface area (Å²) in [6.45, 7) is 5.58. The summed E-state index contributed by atoms with van der Waals surface area (Å²) in [4.78, 5) is 21.9. The number of methoxy groups -OCH3 is 1. The van der Waals surface area contributed by atoms with Crippen molar-refractivity contribution in [2.45, 2.75) is 26.3 Å². The summed E-state index contributed by atoms with van der Waals surface area (Å²) >= 11 is 0. The van der Waals surface area contributed by atoms with Gasteiger partial charge in [0.25, 0.3) is 5.91 Å². The molecule has 0 atom stereocenters. The van der Waals surface area contributed by atoms with Gasteiger partial charge in [0.15, 0.2) is 0 Å². The van der Waals surface area contributed by atoms with E-state index in [1.165, 1.54) is 0 Å². The van der Waals surface area contributed by atoms with Crippen LogP contribution >= 0.6 is 0 Å². The number of hydrogen-bond donors (Lipinski definition) is 1. The minimum absolute atomic E-state index is 0.169. The normalized spacial score (nSPS) is 11.6. The highest BCUT2D eigenvalue weighted by atomic mass is 16.5. The van der Waals surface area contributed by atoms with Gasteiger partial charge in [-0.2, -0.15) is 0 Å². The van der Waals surface area contributed by atoms with Gasteiger partial charge >= 0.3 is 0 Å². The van der Waals surface area contributed by atoms with Crippen molar-refractivity contribution < 1.29 is 9.53 Å². The Labute approximate surface area is 169 Å². The molecule has 0 aliphatic carbocycles. The average Bonchev–Trinajstić information content (AvgIpc) is 3.26. The van der Waals surface area contributed by atoms with Gasteiger partial charge in [-0.3, -0.25) is 4.79 Å². The summed E-state index contributed by atoms with van der Waals surface area (Å²) in [5.74, 6) is 1.19. The maximum Gasteiger partial charge on any atom is 0.255 e. The van der Waals surface area contributed by atoms with Crippen LogP contribution in [0.2, 0.25) is 0 Å². The Morgan fingerprint density at radius 2 is 1.93 bits per heavy atom. The molecule has 0 fully saturated rings. The lowest BCUT2D eigenvalue weighted by molar-refractivity contribution is 0.102. The first-order valence-corrected chi connectivity index (χ1v) is 9.69. The van der Waals surface area contributed by atoms with Crippen LogP contribution in [0.5, 0.6) is 0 Å². The molecule has 2 heterocycles. The third-order valence-electron chi connectivity index (χ3n) is 5.11. The lowest BCUT2D eigenvalue weighted by Gasteiger charge is -2.07. The van der Waals surface area contributed by atoms with Gasteiger partial charge in [-0.05, 0) is 36.4 Å². The van der Waals surface area contributed by atoms with Gasteiger partial charge in [0.2, 0.25) is 0 Å². The van der Waals surface area contributed by atoms with E-state index >= 15 is 0 Å². The fraction of sp³-hybridized carbons (Fsp3) is 0.318. The van der Waals surface area contributed by atoms with Crippen LogP contribution < -0.4 is 5.32 Å². The van der Waals surface area contributed by atoms with Gasteiger partial charge in [0.1, 0.15) is 5.82 Å². The molecule has 0 aliphatic rings. The zero-order valence-corrected chi connectivity index (χ0v) is 17.1. The highest BCUT2D eigenvalue weighted by molar-refractivity contribution is 6.06. The largest absolute Gasteiger partial charge is 0.383 e. The fourth-order valence-corrected chi connectivity index (χ4v) is 3.59. The molecule has 2 aromatic heterocycles. The Bertz CT molecular complexity index is 1190. The molecule has 4 rings (SSSR count). The minimum atomic E-state index is -0.169. The maximum absolute atomic E-state index is 12.8. The molecule has 4 aromatic rings. The van der Waals surface area contributed by atoms with Crippen molar-refractivity contribution in [3.05, 3.63) is 54.1 Å². The number of anilines is 1. The van der Waals surface area contributed by atoms with E-state index in [0.29, 0.717) is 18.1 Å². The van der Waals surface area contributed by atoms with Crippen molar-refractivity contribution in [3.63, 3.8) is 0 Å². The van der Waals surface area contributed by atoms with Crippen LogP contribution in [0.25, 0.3) is 22.1 Å². The molecule has 0 unspecified atom stereocenters. The van der Waals surface area contributed by atoms with Crippen molar-refractivity contribution in [1.29, 1.82) is 0 Å². The molecule has 0 radical (unpaired) electrons. The summed E-state index contributed by atoms with van der Waals surface area (Å²) in [6.07, 6.45) is 1.77. The number of nitrogens with one attached hydrogen (secondary N) is 1. The summed E-state index contributed by atoms with van der Waals surface area (Å²) in [7, 11) is 3.69. The van der Waals surface area contributed by atoms with Gasteiger partial charge < -0.3 is 19.2 Å². The first kappa shape index (κ1) is 19.1. The lowest BCUT2D eigenvalue weighted by atomic mass is 10.1. The van der Waals surface area contributed by atoms with E-state index < -0.39 is 0 Å². The van der Waals surface area contributed by atoms with Crippen molar-refractivity contribution in [3.8, 4) is 0 Å². The number of aryl methyl sites for hydroxylation is 1. The van der Waals surface area contributed by atoms with Crippen molar-refractivity contribution in [1.82, 2.24) is 19.1 Å². The van der Waals surface area contributed by atoms with Crippen LogP contribution in [-0.2, 0) is 18.3 Å². The summed E-state index contributed by atoms with van der Waals surface area (Å²) in [6, 6.07) is 11.4. The average molecular weight is 391 g/mol. The Hall–Kier alpha value is -3.19. The van der Waals surface area contributed by atoms with E-state index in [9.17, 15) is 4.79 Å². The van der Waals surface area contributed by atoms with Crippen LogP contribution in [0.1, 0.15) is 35.9 Å². The predicted molar refractivity (Wildman–Crippen MR) is 114 cm³/mol. The number of carbonyl (C=O) groups excluding carboxylic acids is 1. The Morgan fingerprint density at radius 3 is 2.69 bits per heavy atom. The van der Waals surface area contributed by atoms with Gasteiger partial charge in [0.05, 0.1) is 35.0 Å².